The molecule has 0 aromatic carbocycles. The van der Waals surface area contributed by atoms with Crippen molar-refractivity contribution in [3.63, 3.8) is 0 Å². The van der Waals surface area contributed by atoms with Crippen LogP contribution in [0.5, 0.6) is 0 Å². The molecule has 1 aromatic heterocycles. The van der Waals surface area contributed by atoms with E-state index >= 15 is 0 Å². The van der Waals surface area contributed by atoms with E-state index in [1.54, 1.807) is 7.11 Å². The Labute approximate surface area is 111 Å². The third kappa shape index (κ3) is 3.25. The Morgan fingerprint density at radius 3 is 2.22 bits per heavy atom. The van der Waals surface area contributed by atoms with E-state index in [1.165, 1.54) is 5.69 Å². The van der Waals surface area contributed by atoms with Crippen molar-refractivity contribution in [2.75, 3.05) is 19.0 Å². The Morgan fingerprint density at radius 1 is 1.22 bits per heavy atom. The van der Waals surface area contributed by atoms with Crippen LogP contribution in [-0.4, -0.2) is 29.5 Å². The maximum absolute atomic E-state index is 5.28. The van der Waals surface area contributed by atoms with Gasteiger partial charge in [-0.15, -0.1) is 0 Å². The quantitative estimate of drug-likeness (QED) is 0.846. The van der Waals surface area contributed by atoms with Gasteiger partial charge in [0.2, 0.25) is 0 Å². The fourth-order valence-corrected chi connectivity index (χ4v) is 2.14. The van der Waals surface area contributed by atoms with Crippen LogP contribution in [0.3, 0.4) is 0 Å². The number of methoxy groups -OCH3 is 1. The van der Waals surface area contributed by atoms with Crippen LogP contribution in [-0.2, 0) is 4.74 Å². The summed E-state index contributed by atoms with van der Waals surface area (Å²) >= 11 is 0. The van der Waals surface area contributed by atoms with Gasteiger partial charge in [-0.1, -0.05) is 13.8 Å². The maximum atomic E-state index is 5.28. The molecule has 1 N–H and O–H groups in total. The summed E-state index contributed by atoms with van der Waals surface area (Å²) in [5.74, 6) is 0.520. The lowest BCUT2D eigenvalue weighted by molar-refractivity contribution is 0.171. The molecule has 0 aliphatic rings. The van der Waals surface area contributed by atoms with Crippen molar-refractivity contribution in [1.82, 2.24) is 9.78 Å². The highest BCUT2D eigenvalue weighted by Crippen LogP contribution is 2.24. The maximum Gasteiger partial charge on any atom is 0.0828 e. The second-order valence-electron chi connectivity index (χ2n) is 5.53. The average Bonchev–Trinajstić information content (AvgIpc) is 2.55. The molecule has 0 fully saturated rings. The van der Waals surface area contributed by atoms with Gasteiger partial charge < -0.3 is 10.1 Å². The Balaban J connectivity index is 2.95. The van der Waals surface area contributed by atoms with E-state index in [4.69, 9.17) is 4.74 Å². The molecule has 0 aliphatic heterocycles. The van der Waals surface area contributed by atoms with Gasteiger partial charge in [-0.05, 0) is 33.6 Å². The molecule has 1 rings (SSSR count). The van der Waals surface area contributed by atoms with E-state index < -0.39 is 0 Å². The predicted octanol–water partition coefficient (Wildman–Crippen LogP) is 3.16. The molecule has 1 aromatic rings. The zero-order valence-electron chi connectivity index (χ0n) is 12.7. The van der Waals surface area contributed by atoms with Gasteiger partial charge in [0.1, 0.15) is 0 Å². The second kappa shape index (κ2) is 6.23. The lowest BCUT2D eigenvalue weighted by atomic mass is 10.0. The summed E-state index contributed by atoms with van der Waals surface area (Å²) in [6.45, 7) is 13.6. The summed E-state index contributed by atoms with van der Waals surface area (Å²) < 4.78 is 7.35. The van der Waals surface area contributed by atoms with E-state index in [-0.39, 0.29) is 0 Å². The molecule has 0 saturated heterocycles. The van der Waals surface area contributed by atoms with Gasteiger partial charge >= 0.3 is 0 Å². The van der Waals surface area contributed by atoms with E-state index in [9.17, 15) is 0 Å². The summed E-state index contributed by atoms with van der Waals surface area (Å²) in [5.41, 5.74) is 3.41. The number of hydrogen-bond donors (Lipinski definition) is 1. The van der Waals surface area contributed by atoms with Gasteiger partial charge in [-0.3, -0.25) is 4.68 Å². The van der Waals surface area contributed by atoms with Crippen molar-refractivity contribution in [2.24, 2.45) is 5.92 Å². The molecule has 0 saturated carbocycles. The first-order chi connectivity index (χ1) is 8.38. The van der Waals surface area contributed by atoms with Gasteiger partial charge in [0.25, 0.3) is 0 Å². The highest BCUT2D eigenvalue weighted by atomic mass is 16.5. The van der Waals surface area contributed by atoms with E-state index in [2.05, 4.69) is 56.6 Å². The molecular weight excluding hydrogens is 226 g/mol. The smallest absolute Gasteiger partial charge is 0.0828 e. The Kier molecular flexibility index (Phi) is 5.20. The predicted molar refractivity (Wildman–Crippen MR) is 76.2 cm³/mol. The molecule has 18 heavy (non-hydrogen) atoms. The molecule has 1 heterocycles. The van der Waals surface area contributed by atoms with Crippen LogP contribution in [0.15, 0.2) is 0 Å². The third-order valence-electron chi connectivity index (χ3n) is 3.29. The summed E-state index contributed by atoms with van der Waals surface area (Å²) in [4.78, 5) is 0. The first-order valence-corrected chi connectivity index (χ1v) is 6.69. The van der Waals surface area contributed by atoms with Gasteiger partial charge in [0, 0.05) is 13.2 Å². The second-order valence-corrected chi connectivity index (χ2v) is 5.53. The first kappa shape index (κ1) is 15.0. The molecule has 4 nitrogen and oxygen atoms in total. The number of aryl methyl sites for hydroxylation is 1. The zero-order valence-corrected chi connectivity index (χ0v) is 12.7. The minimum Gasteiger partial charge on any atom is -0.383 e. The molecule has 0 aliphatic carbocycles. The fourth-order valence-electron chi connectivity index (χ4n) is 2.14. The van der Waals surface area contributed by atoms with Crippen LogP contribution < -0.4 is 5.32 Å². The zero-order chi connectivity index (χ0) is 13.9. The van der Waals surface area contributed by atoms with Gasteiger partial charge in [0.05, 0.1) is 29.7 Å². The number of anilines is 1. The minimum absolute atomic E-state index is 0.317. The van der Waals surface area contributed by atoms with E-state index in [0.717, 1.165) is 11.4 Å². The first-order valence-electron chi connectivity index (χ1n) is 6.69. The monoisotopic (exact) mass is 253 g/mol. The van der Waals surface area contributed by atoms with Crippen molar-refractivity contribution < 1.29 is 4.74 Å². The summed E-state index contributed by atoms with van der Waals surface area (Å²) in [6, 6.07) is 0.705. The Morgan fingerprint density at radius 2 is 1.83 bits per heavy atom. The lowest BCUT2D eigenvalue weighted by Gasteiger charge is -2.23. The minimum atomic E-state index is 0.317. The average molecular weight is 253 g/mol. The van der Waals surface area contributed by atoms with Crippen LogP contribution in [0, 0.1) is 19.8 Å². The van der Waals surface area contributed by atoms with Crippen molar-refractivity contribution in [2.45, 2.75) is 53.6 Å². The summed E-state index contributed by atoms with van der Waals surface area (Å²) in [5, 5.41) is 8.18. The van der Waals surface area contributed by atoms with Gasteiger partial charge in [-0.25, -0.2) is 0 Å². The van der Waals surface area contributed by atoms with E-state index in [1.807, 2.05) is 0 Å². The molecule has 1 unspecified atom stereocenters. The molecule has 0 spiro atoms. The van der Waals surface area contributed by atoms with Gasteiger partial charge in [0.15, 0.2) is 0 Å². The highest BCUT2D eigenvalue weighted by Gasteiger charge is 2.19. The lowest BCUT2D eigenvalue weighted by Crippen LogP contribution is -2.30. The largest absolute Gasteiger partial charge is 0.383 e. The summed E-state index contributed by atoms with van der Waals surface area (Å²) in [6.07, 6.45) is 0. The van der Waals surface area contributed by atoms with Crippen LogP contribution in [0.25, 0.3) is 0 Å². The van der Waals surface area contributed by atoms with Crippen LogP contribution >= 0.6 is 0 Å². The van der Waals surface area contributed by atoms with Crippen LogP contribution in [0.1, 0.15) is 45.1 Å². The molecule has 4 heteroatoms. The molecule has 0 bridgehead atoms. The van der Waals surface area contributed by atoms with Crippen molar-refractivity contribution >= 4 is 5.69 Å². The number of nitrogens with one attached hydrogen (secondary N) is 1. The summed E-state index contributed by atoms with van der Waals surface area (Å²) in [7, 11) is 1.74. The van der Waals surface area contributed by atoms with Crippen LogP contribution in [0.2, 0.25) is 0 Å². The highest BCUT2D eigenvalue weighted by molar-refractivity contribution is 5.53. The van der Waals surface area contributed by atoms with E-state index in [0.29, 0.717) is 24.6 Å². The topological polar surface area (TPSA) is 39.1 Å². The Bertz CT molecular complexity index is 383. The number of nitrogens with zero attached hydrogens (tertiary/aromatic N) is 2. The number of rotatable bonds is 6. The molecule has 1 atom stereocenters. The number of ether oxygens (including phenoxy) is 1. The SMILES string of the molecule is COCC(Nc1c(C)nn(C(C)C)c1C)C(C)C. The number of aromatic nitrogens is 2. The van der Waals surface area contributed by atoms with Crippen LogP contribution in [0.4, 0.5) is 5.69 Å². The normalized spacial score (nSPS) is 13.4. The number of hydrogen-bond acceptors (Lipinski definition) is 3. The van der Waals surface area contributed by atoms with Gasteiger partial charge in [-0.2, -0.15) is 5.10 Å². The molecule has 104 valence electrons. The third-order valence-corrected chi connectivity index (χ3v) is 3.29. The standard InChI is InChI=1S/C14H27N3O/c1-9(2)13(8-18-7)15-14-11(5)16-17(10(3)4)12(14)6/h9-10,13,15H,8H2,1-7H3. The fraction of sp³-hybridized carbons (Fsp3) is 0.786. The van der Waals surface area contributed by atoms with Crippen molar-refractivity contribution in [3.8, 4) is 0 Å². The molecular formula is C14H27N3O. The van der Waals surface area contributed by atoms with Crippen molar-refractivity contribution in [3.05, 3.63) is 11.4 Å². The molecule has 0 amide bonds. The van der Waals surface area contributed by atoms with Crippen molar-refractivity contribution in [1.29, 1.82) is 0 Å². The Hall–Kier alpha value is -1.03. The molecule has 0 radical (unpaired) electrons.